The Hall–Kier alpha value is -1.53. The lowest BCUT2D eigenvalue weighted by Crippen LogP contribution is -2.48. The maximum atomic E-state index is 12.9. The molecule has 0 saturated carbocycles. The van der Waals surface area contributed by atoms with Crippen molar-refractivity contribution in [3.05, 3.63) is 35.9 Å². The summed E-state index contributed by atoms with van der Waals surface area (Å²) in [6, 6.07) is 8.46. The average molecular weight is 446 g/mol. The van der Waals surface area contributed by atoms with Gasteiger partial charge in [-0.15, -0.1) is 0 Å². The van der Waals surface area contributed by atoms with Gasteiger partial charge in [-0.2, -0.15) is 4.31 Å². The van der Waals surface area contributed by atoms with Crippen molar-refractivity contribution in [1.29, 1.82) is 0 Å². The first-order chi connectivity index (χ1) is 13.8. The number of sulfonamides is 1. The summed E-state index contributed by atoms with van der Waals surface area (Å²) in [5.74, 6) is -0.494. The number of carbonyl (C=O) groups excluding carboxylic acids is 1. The predicted octanol–water partition coefficient (Wildman–Crippen LogP) is -0.764. The second-order valence-corrected chi connectivity index (χ2v) is 11.5. The number of benzene rings is 1. The van der Waals surface area contributed by atoms with Gasteiger partial charge in [-0.05, 0) is 5.56 Å². The molecule has 2 heterocycles. The number of nitrogens with zero attached hydrogens (tertiary/aromatic N) is 2. The molecule has 1 amide bonds. The van der Waals surface area contributed by atoms with Crippen LogP contribution < -0.4 is 5.32 Å². The van der Waals surface area contributed by atoms with Crippen LogP contribution in [-0.2, 0) is 29.4 Å². The Morgan fingerprint density at radius 2 is 1.69 bits per heavy atom. The number of morpholine rings is 1. The van der Waals surface area contributed by atoms with E-state index in [1.54, 1.807) is 0 Å². The lowest BCUT2D eigenvalue weighted by Gasteiger charge is -2.33. The monoisotopic (exact) mass is 445 g/mol. The third-order valence-corrected chi connectivity index (χ3v) is 8.61. The van der Waals surface area contributed by atoms with Crippen molar-refractivity contribution in [2.24, 2.45) is 0 Å². The number of ether oxygens (including phenoxy) is 1. The summed E-state index contributed by atoms with van der Waals surface area (Å²) in [5.41, 5.74) is 0.750. The highest BCUT2D eigenvalue weighted by atomic mass is 32.2. The van der Waals surface area contributed by atoms with Crippen molar-refractivity contribution >= 4 is 25.8 Å². The summed E-state index contributed by atoms with van der Waals surface area (Å²) in [4.78, 5) is 14.8. The number of carbonyl (C=O) groups is 1. The molecule has 162 valence electrons. The van der Waals surface area contributed by atoms with Crippen LogP contribution in [0.2, 0.25) is 0 Å². The van der Waals surface area contributed by atoms with Gasteiger partial charge in [0.15, 0.2) is 9.84 Å². The molecule has 0 spiro atoms. The van der Waals surface area contributed by atoms with E-state index in [1.807, 2.05) is 35.2 Å². The zero-order valence-corrected chi connectivity index (χ0v) is 17.8. The van der Waals surface area contributed by atoms with Crippen molar-refractivity contribution in [2.45, 2.75) is 6.04 Å². The van der Waals surface area contributed by atoms with Gasteiger partial charge in [0.2, 0.25) is 15.9 Å². The minimum Gasteiger partial charge on any atom is -0.379 e. The molecule has 2 aliphatic heterocycles. The second kappa shape index (κ2) is 9.52. The van der Waals surface area contributed by atoms with Crippen LogP contribution in [0, 0.1) is 0 Å². The van der Waals surface area contributed by atoms with Gasteiger partial charge in [0.25, 0.3) is 0 Å². The Morgan fingerprint density at radius 1 is 1.07 bits per heavy atom. The van der Waals surface area contributed by atoms with Gasteiger partial charge in [-0.3, -0.25) is 9.69 Å². The highest BCUT2D eigenvalue weighted by Gasteiger charge is 2.32. The third-order valence-electron chi connectivity index (χ3n) is 5.13. The molecule has 1 N–H and O–H groups in total. The molecule has 2 aliphatic rings. The Labute approximate surface area is 172 Å². The number of nitrogens with one attached hydrogen (secondary N) is 1. The topological polar surface area (TPSA) is 113 Å². The number of hydrogen-bond acceptors (Lipinski definition) is 7. The van der Waals surface area contributed by atoms with Gasteiger partial charge in [-0.25, -0.2) is 16.8 Å². The number of rotatable bonds is 7. The smallest absolute Gasteiger partial charge is 0.241 e. The highest BCUT2D eigenvalue weighted by molar-refractivity contribution is 7.91. The summed E-state index contributed by atoms with van der Waals surface area (Å²) >= 11 is 0. The van der Waals surface area contributed by atoms with Crippen LogP contribution >= 0.6 is 0 Å². The van der Waals surface area contributed by atoms with Crippen molar-refractivity contribution in [2.75, 3.05) is 63.2 Å². The molecule has 2 saturated heterocycles. The van der Waals surface area contributed by atoms with Crippen LogP contribution in [-0.4, -0.2) is 95.1 Å². The quantitative estimate of drug-likeness (QED) is 0.587. The number of sulfone groups is 1. The lowest BCUT2D eigenvalue weighted by atomic mass is 10.0. The van der Waals surface area contributed by atoms with Gasteiger partial charge in [0.1, 0.15) is 6.04 Å². The SMILES string of the molecule is O=C(NCCS(=O)(=O)N1CCOCC1)C(c1ccccc1)N1CCS(=O)(=O)CC1. The van der Waals surface area contributed by atoms with E-state index < -0.39 is 25.9 Å². The van der Waals surface area contributed by atoms with Gasteiger partial charge in [0.05, 0.1) is 30.5 Å². The Morgan fingerprint density at radius 3 is 2.31 bits per heavy atom. The lowest BCUT2D eigenvalue weighted by molar-refractivity contribution is -0.126. The van der Waals surface area contributed by atoms with Crippen molar-refractivity contribution in [3.8, 4) is 0 Å². The van der Waals surface area contributed by atoms with Crippen LogP contribution in [0.3, 0.4) is 0 Å². The Kier molecular flexibility index (Phi) is 7.28. The maximum absolute atomic E-state index is 12.9. The van der Waals surface area contributed by atoms with E-state index >= 15 is 0 Å². The second-order valence-electron chi connectivity index (χ2n) is 7.12. The molecule has 2 fully saturated rings. The first kappa shape index (κ1) is 22.2. The van der Waals surface area contributed by atoms with E-state index in [0.717, 1.165) is 5.56 Å². The fraction of sp³-hybridized carbons (Fsp3) is 0.611. The van der Waals surface area contributed by atoms with Gasteiger partial charge < -0.3 is 10.1 Å². The van der Waals surface area contributed by atoms with Crippen LogP contribution in [0.15, 0.2) is 30.3 Å². The molecule has 0 aromatic heterocycles. The zero-order chi connectivity index (χ0) is 20.9. The summed E-state index contributed by atoms with van der Waals surface area (Å²) in [7, 11) is -6.54. The van der Waals surface area contributed by atoms with E-state index in [0.29, 0.717) is 26.3 Å². The average Bonchev–Trinajstić information content (AvgIpc) is 2.71. The van der Waals surface area contributed by atoms with E-state index in [9.17, 15) is 21.6 Å². The molecule has 1 atom stereocenters. The molecule has 3 rings (SSSR count). The molecular weight excluding hydrogens is 418 g/mol. The Balaban J connectivity index is 1.64. The molecule has 0 bridgehead atoms. The van der Waals surface area contributed by atoms with Gasteiger partial charge in [-0.1, -0.05) is 30.3 Å². The molecule has 1 aromatic carbocycles. The molecule has 0 aliphatic carbocycles. The van der Waals surface area contributed by atoms with Gasteiger partial charge in [0, 0.05) is 32.7 Å². The van der Waals surface area contributed by atoms with E-state index in [4.69, 9.17) is 4.74 Å². The summed E-state index contributed by atoms with van der Waals surface area (Å²) < 4.78 is 54.9. The van der Waals surface area contributed by atoms with E-state index in [1.165, 1.54) is 4.31 Å². The predicted molar refractivity (Wildman–Crippen MR) is 109 cm³/mol. The Bertz CT molecular complexity index is 885. The van der Waals surface area contributed by atoms with Crippen molar-refractivity contribution in [3.63, 3.8) is 0 Å². The summed E-state index contributed by atoms with van der Waals surface area (Å²) in [5, 5.41) is 2.73. The fourth-order valence-corrected chi connectivity index (χ4v) is 6.05. The standard InChI is InChI=1S/C18H27N3O6S2/c22-18(19-6-13-29(25,26)21-7-11-27-12-8-21)17(16-4-2-1-3-5-16)20-9-14-28(23,24)15-10-20/h1-5,17H,6-15H2,(H,19,22). The first-order valence-corrected chi connectivity index (χ1v) is 13.0. The normalized spacial score (nSPS) is 22.1. The summed E-state index contributed by atoms with van der Waals surface area (Å²) in [6.07, 6.45) is 0. The maximum Gasteiger partial charge on any atom is 0.241 e. The molecule has 9 nitrogen and oxygen atoms in total. The van der Waals surface area contributed by atoms with Crippen molar-refractivity contribution < 1.29 is 26.4 Å². The van der Waals surface area contributed by atoms with Crippen LogP contribution in [0.4, 0.5) is 0 Å². The molecule has 1 aromatic rings. The zero-order valence-electron chi connectivity index (χ0n) is 16.2. The van der Waals surface area contributed by atoms with Crippen molar-refractivity contribution in [1.82, 2.24) is 14.5 Å². The summed E-state index contributed by atoms with van der Waals surface area (Å²) in [6.45, 7) is 1.92. The van der Waals surface area contributed by atoms with E-state index in [2.05, 4.69) is 5.32 Å². The molecule has 11 heteroatoms. The largest absolute Gasteiger partial charge is 0.379 e. The van der Waals surface area contributed by atoms with E-state index in [-0.39, 0.29) is 42.8 Å². The molecule has 1 unspecified atom stereocenters. The van der Waals surface area contributed by atoms with Crippen LogP contribution in [0.5, 0.6) is 0 Å². The fourth-order valence-electron chi connectivity index (χ4n) is 3.50. The highest BCUT2D eigenvalue weighted by Crippen LogP contribution is 2.23. The minimum absolute atomic E-state index is 0.00596. The molecule has 0 radical (unpaired) electrons. The van der Waals surface area contributed by atoms with Gasteiger partial charge >= 0.3 is 0 Å². The minimum atomic E-state index is -3.46. The number of hydrogen-bond donors (Lipinski definition) is 1. The number of amides is 1. The molecule has 29 heavy (non-hydrogen) atoms. The first-order valence-electron chi connectivity index (χ1n) is 9.61. The molecular formula is C18H27N3O6S2. The van der Waals surface area contributed by atoms with Crippen LogP contribution in [0.25, 0.3) is 0 Å². The third kappa shape index (κ3) is 5.98. The van der Waals surface area contributed by atoms with Crippen LogP contribution in [0.1, 0.15) is 11.6 Å².